The molecular formula is C12H19BrFNO. The van der Waals surface area contributed by atoms with Crippen molar-refractivity contribution >= 4 is 15.9 Å². The number of ether oxygens (including phenoxy) is 1. The van der Waals surface area contributed by atoms with Crippen LogP contribution in [-0.2, 0) is 4.74 Å². The zero-order valence-corrected chi connectivity index (χ0v) is 11.0. The Balaban J connectivity index is 1.70. The molecule has 16 heavy (non-hydrogen) atoms. The summed E-state index contributed by atoms with van der Waals surface area (Å²) in [6, 6.07) is 0.596. The van der Waals surface area contributed by atoms with Crippen LogP contribution in [0.25, 0.3) is 0 Å². The van der Waals surface area contributed by atoms with Crippen LogP contribution in [0, 0.1) is 5.92 Å². The van der Waals surface area contributed by atoms with E-state index in [1.165, 1.54) is 0 Å². The number of hydrogen-bond acceptors (Lipinski definition) is 2. The maximum Gasteiger partial charge on any atom is 0.110 e. The highest BCUT2D eigenvalue weighted by Gasteiger charge is 2.23. The summed E-state index contributed by atoms with van der Waals surface area (Å²) in [4.78, 5) is -0.0669. The van der Waals surface area contributed by atoms with Crippen molar-refractivity contribution < 1.29 is 9.13 Å². The summed E-state index contributed by atoms with van der Waals surface area (Å²) < 4.78 is 18.4. The van der Waals surface area contributed by atoms with Crippen molar-refractivity contribution in [3.05, 3.63) is 11.9 Å². The molecule has 0 amide bonds. The summed E-state index contributed by atoms with van der Waals surface area (Å²) in [6.45, 7) is 2.74. The lowest BCUT2D eigenvalue weighted by Gasteiger charge is -2.28. The molecule has 2 nitrogen and oxygen atoms in total. The maximum atomic E-state index is 13.1. The van der Waals surface area contributed by atoms with E-state index in [1.807, 2.05) is 0 Å². The van der Waals surface area contributed by atoms with E-state index in [4.69, 9.17) is 4.74 Å². The highest BCUT2D eigenvalue weighted by molar-refractivity contribution is 9.09. The van der Waals surface area contributed by atoms with Gasteiger partial charge in [0.1, 0.15) is 5.83 Å². The van der Waals surface area contributed by atoms with Crippen LogP contribution in [0.3, 0.4) is 0 Å². The van der Waals surface area contributed by atoms with Crippen LogP contribution in [0.5, 0.6) is 0 Å². The van der Waals surface area contributed by atoms with Crippen LogP contribution in [0.2, 0.25) is 0 Å². The standard InChI is InChI=1S/C12H19BrFNO/c13-11-7-9(1-2-12(11)14)8-15-10-3-5-16-6-4-10/h2,9-11,15H,1,3-8H2. The Morgan fingerprint density at radius 1 is 1.44 bits per heavy atom. The molecule has 92 valence electrons. The summed E-state index contributed by atoms with van der Waals surface area (Å²) in [6.07, 6.45) is 5.70. The molecule has 1 aliphatic carbocycles. The van der Waals surface area contributed by atoms with Gasteiger partial charge in [-0.05, 0) is 38.1 Å². The summed E-state index contributed by atoms with van der Waals surface area (Å²) in [7, 11) is 0. The van der Waals surface area contributed by atoms with Crippen LogP contribution in [-0.4, -0.2) is 30.6 Å². The SMILES string of the molecule is FC1=CCC(CNC2CCOCC2)CC1Br. The molecule has 4 heteroatoms. The fraction of sp³-hybridized carbons (Fsp3) is 0.833. The highest BCUT2D eigenvalue weighted by atomic mass is 79.9. The van der Waals surface area contributed by atoms with Gasteiger partial charge in [0.25, 0.3) is 0 Å². The third kappa shape index (κ3) is 3.54. The molecule has 2 rings (SSSR count). The van der Waals surface area contributed by atoms with Gasteiger partial charge >= 0.3 is 0 Å². The first-order valence-corrected chi connectivity index (χ1v) is 6.98. The minimum Gasteiger partial charge on any atom is -0.381 e. The van der Waals surface area contributed by atoms with Gasteiger partial charge in [0, 0.05) is 19.3 Å². The first-order chi connectivity index (χ1) is 7.75. The first kappa shape index (κ1) is 12.5. The molecule has 0 saturated carbocycles. The van der Waals surface area contributed by atoms with Gasteiger partial charge in [-0.25, -0.2) is 4.39 Å². The molecule has 0 spiro atoms. The van der Waals surface area contributed by atoms with Gasteiger partial charge in [-0.15, -0.1) is 0 Å². The second kappa shape index (κ2) is 6.12. The fourth-order valence-electron chi connectivity index (χ4n) is 2.31. The number of halogens is 2. The molecule has 0 bridgehead atoms. The van der Waals surface area contributed by atoms with Gasteiger partial charge in [0.15, 0.2) is 0 Å². The highest BCUT2D eigenvalue weighted by Crippen LogP contribution is 2.29. The molecular weight excluding hydrogens is 273 g/mol. The number of allylic oxidation sites excluding steroid dienone is 2. The van der Waals surface area contributed by atoms with Crippen LogP contribution >= 0.6 is 15.9 Å². The Hall–Kier alpha value is 0.0700. The molecule has 2 unspecified atom stereocenters. The smallest absolute Gasteiger partial charge is 0.110 e. The summed E-state index contributed by atoms with van der Waals surface area (Å²) >= 11 is 3.37. The molecule has 0 radical (unpaired) electrons. The van der Waals surface area contributed by atoms with Gasteiger partial charge in [0.2, 0.25) is 0 Å². The summed E-state index contributed by atoms with van der Waals surface area (Å²) in [5, 5.41) is 3.57. The van der Waals surface area contributed by atoms with Crippen molar-refractivity contribution in [3.63, 3.8) is 0 Å². The predicted octanol–water partition coefficient (Wildman–Crippen LogP) is 2.78. The van der Waals surface area contributed by atoms with Crippen LogP contribution in [0.1, 0.15) is 25.7 Å². The molecule has 1 heterocycles. The monoisotopic (exact) mass is 291 g/mol. The topological polar surface area (TPSA) is 21.3 Å². The zero-order chi connectivity index (χ0) is 11.4. The summed E-state index contributed by atoms with van der Waals surface area (Å²) in [5.74, 6) is 0.564. The lowest BCUT2D eigenvalue weighted by atomic mass is 9.93. The minimum atomic E-state index is -0.0669. The van der Waals surface area contributed by atoms with E-state index in [0.717, 1.165) is 45.4 Å². The first-order valence-electron chi connectivity index (χ1n) is 6.06. The van der Waals surface area contributed by atoms with E-state index < -0.39 is 0 Å². The van der Waals surface area contributed by atoms with E-state index in [0.29, 0.717) is 12.0 Å². The van der Waals surface area contributed by atoms with Crippen molar-refractivity contribution in [2.75, 3.05) is 19.8 Å². The average molecular weight is 292 g/mol. The van der Waals surface area contributed by atoms with Gasteiger partial charge < -0.3 is 10.1 Å². The molecule has 1 fully saturated rings. The molecule has 1 aliphatic heterocycles. The zero-order valence-electron chi connectivity index (χ0n) is 9.42. The van der Waals surface area contributed by atoms with E-state index in [2.05, 4.69) is 21.2 Å². The fourth-order valence-corrected chi connectivity index (χ4v) is 3.03. The maximum absolute atomic E-state index is 13.1. The van der Waals surface area contributed by atoms with Gasteiger partial charge in [0.05, 0.1) is 4.83 Å². The minimum absolute atomic E-state index is 0.00214. The quantitative estimate of drug-likeness (QED) is 0.808. The third-order valence-electron chi connectivity index (χ3n) is 3.40. The number of rotatable bonds is 3. The van der Waals surface area contributed by atoms with Crippen molar-refractivity contribution in [2.24, 2.45) is 5.92 Å². The van der Waals surface area contributed by atoms with E-state index in [9.17, 15) is 4.39 Å². The van der Waals surface area contributed by atoms with Gasteiger partial charge in [-0.3, -0.25) is 0 Å². The Kier molecular flexibility index (Phi) is 4.79. The average Bonchev–Trinajstić information content (AvgIpc) is 2.32. The molecule has 2 atom stereocenters. The molecule has 0 aromatic rings. The van der Waals surface area contributed by atoms with Crippen LogP contribution in [0.15, 0.2) is 11.9 Å². The van der Waals surface area contributed by atoms with Gasteiger partial charge in [-0.2, -0.15) is 0 Å². The Morgan fingerprint density at radius 2 is 2.19 bits per heavy atom. The number of nitrogens with one attached hydrogen (secondary N) is 1. The largest absolute Gasteiger partial charge is 0.381 e. The van der Waals surface area contributed by atoms with Crippen molar-refractivity contribution in [3.8, 4) is 0 Å². The van der Waals surface area contributed by atoms with Crippen molar-refractivity contribution in [1.82, 2.24) is 5.32 Å². The molecule has 0 aromatic carbocycles. The molecule has 0 aromatic heterocycles. The second-order valence-electron chi connectivity index (χ2n) is 4.69. The molecule has 1 saturated heterocycles. The second-order valence-corrected chi connectivity index (χ2v) is 5.79. The Morgan fingerprint density at radius 3 is 2.88 bits per heavy atom. The lowest BCUT2D eigenvalue weighted by molar-refractivity contribution is 0.0768. The van der Waals surface area contributed by atoms with Crippen LogP contribution < -0.4 is 5.32 Å². The van der Waals surface area contributed by atoms with E-state index >= 15 is 0 Å². The van der Waals surface area contributed by atoms with Gasteiger partial charge in [-0.1, -0.05) is 22.0 Å². The van der Waals surface area contributed by atoms with E-state index in [1.54, 1.807) is 6.08 Å². The van der Waals surface area contributed by atoms with Crippen molar-refractivity contribution in [2.45, 2.75) is 36.6 Å². The summed E-state index contributed by atoms with van der Waals surface area (Å²) in [5.41, 5.74) is 0. The number of alkyl halides is 1. The number of hydrogen-bond donors (Lipinski definition) is 1. The van der Waals surface area contributed by atoms with Crippen LogP contribution in [0.4, 0.5) is 4.39 Å². The van der Waals surface area contributed by atoms with Crippen molar-refractivity contribution in [1.29, 1.82) is 0 Å². The lowest BCUT2D eigenvalue weighted by Crippen LogP contribution is -2.38. The normalized spacial score (nSPS) is 32.5. The molecule has 1 N–H and O–H groups in total. The Labute approximate surface area is 105 Å². The van der Waals surface area contributed by atoms with E-state index in [-0.39, 0.29) is 10.7 Å². The predicted molar refractivity (Wildman–Crippen MR) is 66.5 cm³/mol. The molecule has 2 aliphatic rings. The third-order valence-corrected chi connectivity index (χ3v) is 4.21. The Bertz CT molecular complexity index is 253.